The topological polar surface area (TPSA) is 67.4 Å². The number of likely N-dealkylation sites (tertiary alicyclic amines) is 1. The first-order chi connectivity index (χ1) is 12.2. The fraction of sp³-hybridized carbons (Fsp3) is 0.421. The predicted molar refractivity (Wildman–Crippen MR) is 94.3 cm³/mol. The fourth-order valence-corrected chi connectivity index (χ4v) is 3.70. The van der Waals surface area contributed by atoms with Gasteiger partial charge in [-0.3, -0.25) is 4.79 Å². The van der Waals surface area contributed by atoms with E-state index in [0.717, 1.165) is 31.2 Å². The third kappa shape index (κ3) is 3.35. The molecule has 0 aliphatic carbocycles. The van der Waals surface area contributed by atoms with Gasteiger partial charge in [0.2, 0.25) is 0 Å². The number of amides is 1. The van der Waals surface area contributed by atoms with E-state index in [1.807, 2.05) is 42.2 Å². The molecule has 25 heavy (non-hydrogen) atoms. The highest BCUT2D eigenvalue weighted by Crippen LogP contribution is 2.34. The summed E-state index contributed by atoms with van der Waals surface area (Å²) in [4.78, 5) is 23.2. The number of carbonyl (C=O) groups is 1. The third-order valence-corrected chi connectivity index (χ3v) is 5.04. The number of nitrogens with zero attached hydrogens (tertiary/aromatic N) is 3. The van der Waals surface area contributed by atoms with Crippen LogP contribution in [0.4, 0.5) is 5.82 Å². The van der Waals surface area contributed by atoms with E-state index in [1.165, 1.54) is 0 Å². The number of fused-ring (bicyclic) bond motifs is 1. The number of pyridine rings is 2. The lowest BCUT2D eigenvalue weighted by atomic mass is 9.93. The number of aryl methyl sites for hydroxylation is 1. The van der Waals surface area contributed by atoms with E-state index in [2.05, 4.69) is 15.3 Å². The van der Waals surface area contributed by atoms with E-state index in [9.17, 15) is 4.79 Å². The van der Waals surface area contributed by atoms with Crippen LogP contribution >= 0.6 is 0 Å². The second kappa shape index (κ2) is 6.80. The molecule has 2 aromatic rings. The molecule has 2 saturated heterocycles. The van der Waals surface area contributed by atoms with Gasteiger partial charge in [-0.05, 0) is 31.2 Å². The molecular weight excluding hydrogens is 316 g/mol. The molecule has 1 amide bonds. The van der Waals surface area contributed by atoms with Crippen LogP contribution in [-0.2, 0) is 4.74 Å². The first kappa shape index (κ1) is 16.0. The lowest BCUT2D eigenvalue weighted by molar-refractivity contribution is 0.0675. The molecule has 3 atom stereocenters. The Hall–Kier alpha value is -2.47. The van der Waals surface area contributed by atoms with Gasteiger partial charge < -0.3 is 15.0 Å². The monoisotopic (exact) mass is 338 g/mol. The van der Waals surface area contributed by atoms with Crippen LogP contribution in [0.5, 0.6) is 0 Å². The van der Waals surface area contributed by atoms with Gasteiger partial charge in [0.15, 0.2) is 0 Å². The number of hydrogen-bond acceptors (Lipinski definition) is 5. The average molecular weight is 338 g/mol. The van der Waals surface area contributed by atoms with Crippen molar-refractivity contribution >= 4 is 11.7 Å². The first-order valence-electron chi connectivity index (χ1n) is 8.70. The summed E-state index contributed by atoms with van der Waals surface area (Å²) in [6, 6.07) is 11.4. The van der Waals surface area contributed by atoms with Crippen LogP contribution in [0.3, 0.4) is 0 Å². The summed E-state index contributed by atoms with van der Waals surface area (Å²) in [5.41, 5.74) is 1.38. The van der Waals surface area contributed by atoms with Gasteiger partial charge in [-0.1, -0.05) is 12.1 Å². The average Bonchev–Trinajstić information content (AvgIpc) is 3.21. The third-order valence-electron chi connectivity index (χ3n) is 5.04. The smallest absolute Gasteiger partial charge is 0.272 e. The maximum atomic E-state index is 12.7. The molecule has 0 radical (unpaired) electrons. The standard InChI is InChI=1S/C19H22N4O2/c1-13-5-4-6-16(22-13)19(24)23-10-15-14(12-25-17(15)11-23)9-21-18-7-2-3-8-20-18/h2-8,14-15,17H,9-12H2,1H3,(H,20,21)/t14-,15+,17+/m1/s1. The molecule has 0 bridgehead atoms. The molecule has 0 spiro atoms. The van der Waals surface area contributed by atoms with Gasteiger partial charge in [-0.2, -0.15) is 0 Å². The maximum Gasteiger partial charge on any atom is 0.272 e. The van der Waals surface area contributed by atoms with Crippen LogP contribution in [0.1, 0.15) is 16.2 Å². The van der Waals surface area contributed by atoms with E-state index < -0.39 is 0 Å². The Balaban J connectivity index is 1.38. The summed E-state index contributed by atoms with van der Waals surface area (Å²) in [6.07, 6.45) is 1.91. The lowest BCUT2D eigenvalue weighted by Crippen LogP contribution is -2.32. The molecule has 2 aliphatic rings. The zero-order valence-corrected chi connectivity index (χ0v) is 14.3. The Labute approximate surface area is 147 Å². The zero-order valence-electron chi connectivity index (χ0n) is 14.3. The number of carbonyl (C=O) groups excluding carboxylic acids is 1. The molecule has 0 saturated carbocycles. The Kier molecular flexibility index (Phi) is 4.36. The van der Waals surface area contributed by atoms with Gasteiger partial charge in [-0.15, -0.1) is 0 Å². The second-order valence-electron chi connectivity index (χ2n) is 6.77. The summed E-state index contributed by atoms with van der Waals surface area (Å²) >= 11 is 0. The highest BCUT2D eigenvalue weighted by atomic mass is 16.5. The molecule has 0 unspecified atom stereocenters. The van der Waals surface area contributed by atoms with Crippen molar-refractivity contribution in [2.45, 2.75) is 13.0 Å². The van der Waals surface area contributed by atoms with Gasteiger partial charge in [0.1, 0.15) is 11.5 Å². The quantitative estimate of drug-likeness (QED) is 0.923. The van der Waals surface area contributed by atoms with Gasteiger partial charge in [0.05, 0.1) is 12.7 Å². The fourth-order valence-electron chi connectivity index (χ4n) is 3.70. The molecule has 4 heterocycles. The second-order valence-corrected chi connectivity index (χ2v) is 6.77. The van der Waals surface area contributed by atoms with Crippen molar-refractivity contribution in [1.29, 1.82) is 0 Å². The molecule has 6 heteroatoms. The normalized spacial score (nSPS) is 25.0. The first-order valence-corrected chi connectivity index (χ1v) is 8.70. The summed E-state index contributed by atoms with van der Waals surface area (Å²) < 4.78 is 5.94. The van der Waals surface area contributed by atoms with Crippen molar-refractivity contribution in [2.75, 3.05) is 31.6 Å². The SMILES string of the molecule is Cc1cccc(C(=O)N2C[C@H]3[C@H](CNc4ccccn4)CO[C@H]3C2)n1. The molecule has 4 rings (SSSR count). The lowest BCUT2D eigenvalue weighted by Gasteiger charge is -2.20. The number of anilines is 1. The molecule has 1 N–H and O–H groups in total. The molecule has 2 aliphatic heterocycles. The Morgan fingerprint density at radius 3 is 3.00 bits per heavy atom. The van der Waals surface area contributed by atoms with Crippen LogP contribution in [0.2, 0.25) is 0 Å². The Morgan fingerprint density at radius 1 is 1.28 bits per heavy atom. The van der Waals surface area contributed by atoms with E-state index >= 15 is 0 Å². The number of hydrogen-bond donors (Lipinski definition) is 1. The van der Waals surface area contributed by atoms with E-state index in [1.54, 1.807) is 12.3 Å². The van der Waals surface area contributed by atoms with Crippen molar-refractivity contribution in [3.05, 3.63) is 54.0 Å². The van der Waals surface area contributed by atoms with Crippen LogP contribution < -0.4 is 5.32 Å². The largest absolute Gasteiger partial charge is 0.376 e. The van der Waals surface area contributed by atoms with Crippen LogP contribution in [-0.4, -0.2) is 53.1 Å². The zero-order chi connectivity index (χ0) is 17.2. The van der Waals surface area contributed by atoms with Crippen molar-refractivity contribution in [1.82, 2.24) is 14.9 Å². The summed E-state index contributed by atoms with van der Waals surface area (Å²) in [7, 11) is 0. The van der Waals surface area contributed by atoms with Crippen molar-refractivity contribution in [3.8, 4) is 0 Å². The van der Waals surface area contributed by atoms with Gasteiger partial charge in [0.25, 0.3) is 5.91 Å². The van der Waals surface area contributed by atoms with Crippen molar-refractivity contribution < 1.29 is 9.53 Å². The molecule has 2 aromatic heterocycles. The molecular formula is C19H22N4O2. The minimum absolute atomic E-state index is 0.00173. The highest BCUT2D eigenvalue weighted by Gasteiger charge is 2.45. The Morgan fingerprint density at radius 2 is 2.20 bits per heavy atom. The number of nitrogens with one attached hydrogen (secondary N) is 1. The van der Waals surface area contributed by atoms with Gasteiger partial charge in [-0.25, -0.2) is 9.97 Å². The molecule has 6 nitrogen and oxygen atoms in total. The Bertz CT molecular complexity index is 752. The van der Waals surface area contributed by atoms with Crippen molar-refractivity contribution in [3.63, 3.8) is 0 Å². The minimum Gasteiger partial charge on any atom is -0.376 e. The van der Waals surface area contributed by atoms with E-state index in [-0.39, 0.29) is 12.0 Å². The molecule has 130 valence electrons. The van der Waals surface area contributed by atoms with E-state index in [4.69, 9.17) is 4.74 Å². The maximum absolute atomic E-state index is 12.7. The summed E-state index contributed by atoms with van der Waals surface area (Å²) in [6.45, 7) is 4.83. The predicted octanol–water partition coefficient (Wildman–Crippen LogP) is 1.98. The number of aromatic nitrogens is 2. The number of ether oxygens (including phenoxy) is 1. The summed E-state index contributed by atoms with van der Waals surface area (Å²) in [5, 5.41) is 3.38. The molecule has 0 aromatic carbocycles. The highest BCUT2D eigenvalue weighted by molar-refractivity contribution is 5.92. The van der Waals surface area contributed by atoms with Crippen LogP contribution in [0.15, 0.2) is 42.6 Å². The molecule has 2 fully saturated rings. The van der Waals surface area contributed by atoms with Gasteiger partial charge >= 0.3 is 0 Å². The minimum atomic E-state index is -0.00173. The van der Waals surface area contributed by atoms with E-state index in [0.29, 0.717) is 24.1 Å². The number of rotatable bonds is 4. The van der Waals surface area contributed by atoms with Crippen molar-refractivity contribution in [2.24, 2.45) is 11.8 Å². The van der Waals surface area contributed by atoms with Gasteiger partial charge in [0, 0.05) is 43.4 Å². The van der Waals surface area contributed by atoms with Crippen LogP contribution in [0.25, 0.3) is 0 Å². The van der Waals surface area contributed by atoms with Crippen LogP contribution in [0, 0.1) is 18.8 Å². The summed E-state index contributed by atoms with van der Waals surface area (Å²) in [5.74, 6) is 1.62.